The third kappa shape index (κ3) is 5.17. The molecular weight excluding hydrogens is 424 g/mol. The molecule has 4 N–H and O–H groups in total. The van der Waals surface area contributed by atoms with Gasteiger partial charge in [0.25, 0.3) is 0 Å². The van der Waals surface area contributed by atoms with Crippen molar-refractivity contribution in [1.82, 2.24) is 10.6 Å². The van der Waals surface area contributed by atoms with Crippen molar-refractivity contribution in [2.24, 2.45) is 5.92 Å². The highest BCUT2D eigenvalue weighted by molar-refractivity contribution is 5.80. The number of aliphatic hydroxyl groups is 1. The van der Waals surface area contributed by atoms with E-state index in [9.17, 15) is 19.5 Å². The number of fused-ring (bicyclic) bond motifs is 3. The van der Waals surface area contributed by atoms with Gasteiger partial charge in [0.1, 0.15) is 6.61 Å². The minimum atomic E-state index is -1.49. The molecule has 0 aromatic heterocycles. The molecule has 3 atom stereocenters. The molecule has 1 saturated carbocycles. The summed E-state index contributed by atoms with van der Waals surface area (Å²) in [6, 6.07) is 16.1. The quantitative estimate of drug-likeness (QED) is 0.488. The standard InChI is InChI=1S/C25H28N2O6/c28-22(24(30)31)11-12-26-23(29)15-9-10-16(13-15)27-25(32)33-14-21-19-7-3-1-5-17(19)18-6-2-4-8-20(18)21/h1-8,15-16,21-22,28H,9-14H2,(H,26,29)(H,27,32)(H,30,31). The predicted molar refractivity (Wildman–Crippen MR) is 121 cm³/mol. The Morgan fingerprint density at radius 3 is 2.27 bits per heavy atom. The molecule has 0 saturated heterocycles. The predicted octanol–water partition coefficient (Wildman–Crippen LogP) is 2.65. The minimum absolute atomic E-state index is 0.00796. The second-order valence-electron chi connectivity index (χ2n) is 8.61. The van der Waals surface area contributed by atoms with Crippen molar-refractivity contribution >= 4 is 18.0 Å². The molecule has 2 aliphatic carbocycles. The molecule has 2 amide bonds. The van der Waals surface area contributed by atoms with Gasteiger partial charge in [0, 0.05) is 30.8 Å². The smallest absolute Gasteiger partial charge is 0.407 e. The van der Waals surface area contributed by atoms with Crippen LogP contribution in [0.5, 0.6) is 0 Å². The number of carbonyl (C=O) groups is 3. The lowest BCUT2D eigenvalue weighted by Crippen LogP contribution is -2.36. The number of aliphatic carboxylic acids is 1. The maximum Gasteiger partial charge on any atom is 0.407 e. The molecule has 8 nitrogen and oxygen atoms in total. The summed E-state index contributed by atoms with van der Waals surface area (Å²) in [7, 11) is 0. The summed E-state index contributed by atoms with van der Waals surface area (Å²) < 4.78 is 5.58. The first-order valence-electron chi connectivity index (χ1n) is 11.2. The van der Waals surface area contributed by atoms with E-state index >= 15 is 0 Å². The highest BCUT2D eigenvalue weighted by atomic mass is 16.5. The van der Waals surface area contributed by atoms with E-state index < -0.39 is 18.2 Å². The Balaban J connectivity index is 1.24. The maximum atomic E-state index is 12.4. The Morgan fingerprint density at radius 1 is 1.00 bits per heavy atom. The molecule has 1 fully saturated rings. The van der Waals surface area contributed by atoms with Crippen LogP contribution < -0.4 is 10.6 Å². The Hall–Kier alpha value is -3.39. The number of nitrogens with one attached hydrogen (secondary N) is 2. The molecule has 33 heavy (non-hydrogen) atoms. The zero-order valence-corrected chi connectivity index (χ0v) is 18.2. The molecule has 8 heteroatoms. The van der Waals surface area contributed by atoms with Crippen LogP contribution in [0.15, 0.2) is 48.5 Å². The fraction of sp³-hybridized carbons (Fsp3) is 0.400. The van der Waals surface area contributed by atoms with Crippen LogP contribution in [0.25, 0.3) is 11.1 Å². The van der Waals surface area contributed by atoms with Gasteiger partial charge in [-0.2, -0.15) is 0 Å². The van der Waals surface area contributed by atoms with E-state index in [4.69, 9.17) is 9.84 Å². The minimum Gasteiger partial charge on any atom is -0.479 e. The zero-order chi connectivity index (χ0) is 23.4. The molecule has 0 spiro atoms. The molecule has 0 heterocycles. The number of hydrogen-bond donors (Lipinski definition) is 4. The van der Waals surface area contributed by atoms with E-state index in [2.05, 4.69) is 34.9 Å². The van der Waals surface area contributed by atoms with E-state index in [1.165, 1.54) is 11.1 Å². The number of aliphatic hydroxyl groups excluding tert-OH is 1. The van der Waals surface area contributed by atoms with Gasteiger partial charge in [-0.3, -0.25) is 4.79 Å². The molecule has 2 aromatic rings. The SMILES string of the molecule is O=C(NC1CCC(C(=O)NCCC(O)C(=O)O)C1)OCC1c2ccccc2-c2ccccc21. The van der Waals surface area contributed by atoms with Crippen molar-refractivity contribution in [2.45, 2.75) is 43.7 Å². The lowest BCUT2D eigenvalue weighted by atomic mass is 9.98. The van der Waals surface area contributed by atoms with Crippen LogP contribution in [0.2, 0.25) is 0 Å². The van der Waals surface area contributed by atoms with Crippen molar-refractivity contribution in [3.63, 3.8) is 0 Å². The Kier molecular flexibility index (Phi) is 6.93. The van der Waals surface area contributed by atoms with Crippen molar-refractivity contribution in [3.8, 4) is 11.1 Å². The number of benzene rings is 2. The molecular formula is C25H28N2O6. The fourth-order valence-electron chi connectivity index (χ4n) is 4.76. The normalized spacial score (nSPS) is 19.9. The summed E-state index contributed by atoms with van der Waals surface area (Å²) in [5, 5.41) is 23.5. The zero-order valence-electron chi connectivity index (χ0n) is 18.2. The van der Waals surface area contributed by atoms with E-state index in [0.717, 1.165) is 11.1 Å². The summed E-state index contributed by atoms with van der Waals surface area (Å²) in [6.07, 6.45) is -0.238. The average molecular weight is 453 g/mol. The number of carboxylic acids is 1. The van der Waals surface area contributed by atoms with Crippen LogP contribution in [-0.4, -0.2) is 53.5 Å². The summed E-state index contributed by atoms with van der Waals surface area (Å²) in [4.78, 5) is 35.3. The first kappa shape index (κ1) is 22.8. The van der Waals surface area contributed by atoms with E-state index in [0.29, 0.717) is 19.3 Å². The maximum absolute atomic E-state index is 12.4. The van der Waals surface area contributed by atoms with Gasteiger partial charge in [0.2, 0.25) is 5.91 Å². The van der Waals surface area contributed by atoms with Crippen LogP contribution in [0, 0.1) is 5.92 Å². The van der Waals surface area contributed by atoms with Crippen LogP contribution in [0.3, 0.4) is 0 Å². The summed E-state index contributed by atoms with van der Waals surface area (Å²) >= 11 is 0. The van der Waals surface area contributed by atoms with Gasteiger partial charge in [0.15, 0.2) is 6.10 Å². The molecule has 174 valence electrons. The van der Waals surface area contributed by atoms with Gasteiger partial charge in [-0.05, 0) is 41.5 Å². The van der Waals surface area contributed by atoms with E-state index in [1.54, 1.807) is 0 Å². The van der Waals surface area contributed by atoms with E-state index in [-0.39, 0.29) is 43.4 Å². The molecule has 0 aliphatic heterocycles. The number of amides is 2. The Labute approximate surface area is 192 Å². The van der Waals surface area contributed by atoms with Gasteiger partial charge >= 0.3 is 12.1 Å². The number of carboxylic acid groups (broad SMARTS) is 1. The third-order valence-corrected chi connectivity index (χ3v) is 6.47. The van der Waals surface area contributed by atoms with Gasteiger partial charge in [0.05, 0.1) is 0 Å². The highest BCUT2D eigenvalue weighted by Gasteiger charge is 2.32. The number of carbonyl (C=O) groups excluding carboxylic acids is 2. The molecule has 2 aliphatic rings. The monoisotopic (exact) mass is 452 g/mol. The second kappa shape index (κ2) is 10.0. The van der Waals surface area contributed by atoms with Crippen LogP contribution in [-0.2, 0) is 14.3 Å². The van der Waals surface area contributed by atoms with Gasteiger partial charge < -0.3 is 25.6 Å². The van der Waals surface area contributed by atoms with E-state index in [1.807, 2.05) is 24.3 Å². The van der Waals surface area contributed by atoms with Gasteiger partial charge in [-0.25, -0.2) is 9.59 Å². The summed E-state index contributed by atoms with van der Waals surface area (Å²) in [6.45, 7) is 0.329. The first-order chi connectivity index (χ1) is 15.9. The Bertz CT molecular complexity index is 994. The Morgan fingerprint density at radius 2 is 1.64 bits per heavy atom. The number of rotatable bonds is 8. The average Bonchev–Trinajstić information content (AvgIpc) is 3.40. The second-order valence-corrected chi connectivity index (χ2v) is 8.61. The molecule has 0 bridgehead atoms. The lowest BCUT2D eigenvalue weighted by molar-refractivity contribution is -0.147. The molecule has 3 unspecified atom stereocenters. The number of ether oxygens (including phenoxy) is 1. The molecule has 2 aromatic carbocycles. The number of alkyl carbamates (subject to hydrolysis) is 1. The van der Waals surface area contributed by atoms with Crippen LogP contribution in [0.1, 0.15) is 42.7 Å². The van der Waals surface area contributed by atoms with Crippen molar-refractivity contribution in [2.75, 3.05) is 13.2 Å². The van der Waals surface area contributed by atoms with Crippen molar-refractivity contribution in [3.05, 3.63) is 59.7 Å². The fourth-order valence-corrected chi connectivity index (χ4v) is 4.76. The van der Waals surface area contributed by atoms with Gasteiger partial charge in [-0.15, -0.1) is 0 Å². The molecule has 4 rings (SSSR count). The summed E-state index contributed by atoms with van der Waals surface area (Å²) in [5.41, 5.74) is 4.64. The molecule has 0 radical (unpaired) electrons. The number of hydrogen-bond acceptors (Lipinski definition) is 5. The summed E-state index contributed by atoms with van der Waals surface area (Å²) in [5.74, 6) is -1.76. The largest absolute Gasteiger partial charge is 0.479 e. The third-order valence-electron chi connectivity index (χ3n) is 6.47. The van der Waals surface area contributed by atoms with Crippen LogP contribution in [0.4, 0.5) is 4.79 Å². The first-order valence-corrected chi connectivity index (χ1v) is 11.2. The van der Waals surface area contributed by atoms with Crippen molar-refractivity contribution in [1.29, 1.82) is 0 Å². The van der Waals surface area contributed by atoms with Gasteiger partial charge in [-0.1, -0.05) is 48.5 Å². The lowest BCUT2D eigenvalue weighted by Gasteiger charge is -2.17. The van der Waals surface area contributed by atoms with Crippen LogP contribution >= 0.6 is 0 Å². The van der Waals surface area contributed by atoms with Crippen molar-refractivity contribution < 1.29 is 29.3 Å². The highest BCUT2D eigenvalue weighted by Crippen LogP contribution is 2.44. The topological polar surface area (TPSA) is 125 Å².